The fourth-order valence-corrected chi connectivity index (χ4v) is 5.00. The van der Waals surface area contributed by atoms with Gasteiger partial charge in [-0.05, 0) is 103 Å². The standard InChI is InChI=1S/C31H29F2NO3/c32-22-8-14-29(33)28(19-22)27-12-7-21-18-24(35)9-13-26(21)30(27)31(36)20-5-10-25(11-6-20)37-17-15-23-4-2-1-3-16-34-23/h5-14,18-19,23,34-35H,1-4,15-17H2. The van der Waals surface area contributed by atoms with E-state index < -0.39 is 11.6 Å². The third-order valence-electron chi connectivity index (χ3n) is 6.96. The van der Waals surface area contributed by atoms with Crippen molar-refractivity contribution in [3.8, 4) is 22.6 Å². The van der Waals surface area contributed by atoms with E-state index >= 15 is 0 Å². The van der Waals surface area contributed by atoms with E-state index in [1.165, 1.54) is 31.4 Å². The highest BCUT2D eigenvalue weighted by molar-refractivity contribution is 6.20. The number of phenolic OH excluding ortho intramolecular Hbond substituents is 1. The van der Waals surface area contributed by atoms with Crippen LogP contribution >= 0.6 is 0 Å². The molecule has 1 fully saturated rings. The Bertz CT molecular complexity index is 1410. The van der Waals surface area contributed by atoms with Crippen molar-refractivity contribution in [3.05, 3.63) is 95.6 Å². The number of carbonyl (C=O) groups excluding carboxylic acids is 1. The molecule has 0 radical (unpaired) electrons. The second-order valence-corrected chi connectivity index (χ2v) is 9.51. The number of aromatic hydroxyl groups is 1. The molecule has 0 saturated carbocycles. The maximum Gasteiger partial charge on any atom is 0.194 e. The second-order valence-electron chi connectivity index (χ2n) is 9.51. The molecule has 6 heteroatoms. The van der Waals surface area contributed by atoms with Crippen LogP contribution in [0.2, 0.25) is 0 Å². The fourth-order valence-electron chi connectivity index (χ4n) is 5.00. The minimum Gasteiger partial charge on any atom is -0.508 e. The van der Waals surface area contributed by atoms with Gasteiger partial charge in [0.2, 0.25) is 0 Å². The summed E-state index contributed by atoms with van der Waals surface area (Å²) in [4.78, 5) is 13.8. The molecular weight excluding hydrogens is 472 g/mol. The Morgan fingerprint density at radius 3 is 2.59 bits per heavy atom. The summed E-state index contributed by atoms with van der Waals surface area (Å²) in [5, 5.41) is 14.7. The van der Waals surface area contributed by atoms with Crippen LogP contribution in [0.25, 0.3) is 21.9 Å². The molecule has 1 aliphatic heterocycles. The number of ether oxygens (including phenoxy) is 1. The summed E-state index contributed by atoms with van der Waals surface area (Å²) in [6.45, 7) is 1.64. The van der Waals surface area contributed by atoms with Gasteiger partial charge in [-0.3, -0.25) is 4.79 Å². The van der Waals surface area contributed by atoms with Crippen molar-refractivity contribution in [2.45, 2.75) is 38.1 Å². The molecular formula is C31H29F2NO3. The molecule has 1 aliphatic rings. The van der Waals surface area contributed by atoms with Gasteiger partial charge in [0.05, 0.1) is 6.61 Å². The van der Waals surface area contributed by atoms with E-state index in [1.807, 2.05) is 0 Å². The average molecular weight is 502 g/mol. The zero-order valence-corrected chi connectivity index (χ0v) is 20.5. The van der Waals surface area contributed by atoms with Crippen molar-refractivity contribution in [1.29, 1.82) is 0 Å². The summed E-state index contributed by atoms with van der Waals surface area (Å²) < 4.78 is 34.7. The van der Waals surface area contributed by atoms with Gasteiger partial charge < -0.3 is 15.2 Å². The molecule has 5 rings (SSSR count). The van der Waals surface area contributed by atoms with Crippen molar-refractivity contribution in [2.24, 2.45) is 0 Å². The third kappa shape index (κ3) is 5.65. The minimum atomic E-state index is -0.625. The zero-order valence-electron chi connectivity index (χ0n) is 20.5. The van der Waals surface area contributed by atoms with E-state index in [-0.39, 0.29) is 28.2 Å². The Morgan fingerprint density at radius 1 is 0.919 bits per heavy atom. The van der Waals surface area contributed by atoms with Crippen LogP contribution < -0.4 is 10.1 Å². The molecule has 1 saturated heterocycles. The molecule has 0 amide bonds. The van der Waals surface area contributed by atoms with Crippen molar-refractivity contribution in [3.63, 3.8) is 0 Å². The lowest BCUT2D eigenvalue weighted by atomic mass is 9.89. The topological polar surface area (TPSA) is 58.6 Å². The smallest absolute Gasteiger partial charge is 0.194 e. The van der Waals surface area contributed by atoms with E-state index in [0.717, 1.165) is 37.6 Å². The third-order valence-corrected chi connectivity index (χ3v) is 6.96. The summed E-state index contributed by atoms with van der Waals surface area (Å²) in [5.74, 6) is -0.827. The van der Waals surface area contributed by atoms with Crippen LogP contribution in [0.1, 0.15) is 48.0 Å². The summed E-state index contributed by atoms with van der Waals surface area (Å²) in [6.07, 6.45) is 5.81. The number of hydrogen-bond acceptors (Lipinski definition) is 4. The molecule has 0 aliphatic carbocycles. The Morgan fingerprint density at radius 2 is 1.76 bits per heavy atom. The Kier molecular flexibility index (Phi) is 7.47. The normalized spacial score (nSPS) is 15.9. The molecule has 1 heterocycles. The summed E-state index contributed by atoms with van der Waals surface area (Å²) in [5.41, 5.74) is 0.938. The largest absolute Gasteiger partial charge is 0.508 e. The molecule has 1 unspecified atom stereocenters. The number of hydrogen-bond donors (Lipinski definition) is 2. The van der Waals surface area contributed by atoms with Gasteiger partial charge >= 0.3 is 0 Å². The van der Waals surface area contributed by atoms with Crippen LogP contribution in [0, 0.1) is 11.6 Å². The molecule has 0 aromatic heterocycles. The van der Waals surface area contributed by atoms with Gasteiger partial charge in [0.25, 0.3) is 0 Å². The van der Waals surface area contributed by atoms with Gasteiger partial charge in [0.15, 0.2) is 5.78 Å². The number of carbonyl (C=O) groups is 1. The number of nitrogens with one attached hydrogen (secondary N) is 1. The molecule has 190 valence electrons. The lowest BCUT2D eigenvalue weighted by Gasteiger charge is -2.16. The number of ketones is 1. The van der Waals surface area contributed by atoms with E-state index in [2.05, 4.69) is 5.32 Å². The molecule has 4 aromatic carbocycles. The summed E-state index contributed by atoms with van der Waals surface area (Å²) >= 11 is 0. The number of benzene rings is 4. The van der Waals surface area contributed by atoms with E-state index in [9.17, 15) is 18.7 Å². The first-order valence-corrected chi connectivity index (χ1v) is 12.7. The van der Waals surface area contributed by atoms with Crippen molar-refractivity contribution in [2.75, 3.05) is 13.2 Å². The van der Waals surface area contributed by atoms with Gasteiger partial charge in [-0.1, -0.05) is 25.0 Å². The average Bonchev–Trinajstić information content (AvgIpc) is 3.18. The molecule has 4 aromatic rings. The monoisotopic (exact) mass is 501 g/mol. The van der Waals surface area contributed by atoms with Crippen LogP contribution in [-0.4, -0.2) is 30.1 Å². The quantitative estimate of drug-likeness (QED) is 0.267. The Labute approximate surface area is 214 Å². The van der Waals surface area contributed by atoms with Crippen LogP contribution in [0.15, 0.2) is 72.8 Å². The minimum absolute atomic E-state index is 0.00500. The highest BCUT2D eigenvalue weighted by Crippen LogP contribution is 2.35. The fraction of sp³-hybridized carbons (Fsp3) is 0.258. The van der Waals surface area contributed by atoms with Crippen LogP contribution in [0.3, 0.4) is 0 Å². The van der Waals surface area contributed by atoms with Crippen LogP contribution in [0.4, 0.5) is 8.78 Å². The van der Waals surface area contributed by atoms with Gasteiger partial charge in [0.1, 0.15) is 23.1 Å². The molecule has 37 heavy (non-hydrogen) atoms. The van der Waals surface area contributed by atoms with Gasteiger partial charge in [-0.2, -0.15) is 0 Å². The first-order chi connectivity index (χ1) is 18.0. The Hall–Kier alpha value is -3.77. The van der Waals surface area contributed by atoms with Gasteiger partial charge in [-0.15, -0.1) is 0 Å². The van der Waals surface area contributed by atoms with Crippen molar-refractivity contribution < 1.29 is 23.4 Å². The number of phenols is 1. The SMILES string of the molecule is O=C(c1ccc(OCCC2CCCCCN2)cc1)c1c(-c2cc(F)ccc2F)ccc2cc(O)ccc12. The lowest BCUT2D eigenvalue weighted by molar-refractivity contribution is 0.104. The first-order valence-electron chi connectivity index (χ1n) is 12.7. The molecule has 0 bridgehead atoms. The molecule has 2 N–H and O–H groups in total. The summed E-state index contributed by atoms with van der Waals surface area (Å²) in [7, 11) is 0. The lowest BCUT2D eigenvalue weighted by Crippen LogP contribution is -2.29. The maximum atomic E-state index is 14.8. The maximum absolute atomic E-state index is 14.8. The summed E-state index contributed by atoms with van der Waals surface area (Å²) in [6, 6.07) is 18.5. The van der Waals surface area contributed by atoms with Crippen molar-refractivity contribution >= 4 is 16.6 Å². The van der Waals surface area contributed by atoms with E-state index in [4.69, 9.17) is 4.74 Å². The predicted octanol–water partition coefficient (Wildman–Crippen LogP) is 7.02. The number of halogens is 2. The first kappa shape index (κ1) is 24.9. The van der Waals surface area contributed by atoms with E-state index in [0.29, 0.717) is 34.7 Å². The highest BCUT2D eigenvalue weighted by Gasteiger charge is 2.21. The van der Waals surface area contributed by atoms with Gasteiger partial charge in [-0.25, -0.2) is 8.78 Å². The van der Waals surface area contributed by atoms with Crippen molar-refractivity contribution in [1.82, 2.24) is 5.32 Å². The second kappa shape index (κ2) is 11.1. The number of fused-ring (bicyclic) bond motifs is 1. The number of rotatable bonds is 7. The highest BCUT2D eigenvalue weighted by atomic mass is 19.1. The molecule has 4 nitrogen and oxygen atoms in total. The van der Waals surface area contributed by atoms with Crippen LogP contribution in [-0.2, 0) is 0 Å². The Balaban J connectivity index is 1.43. The molecule has 1 atom stereocenters. The van der Waals surface area contributed by atoms with Gasteiger partial charge in [0, 0.05) is 22.7 Å². The van der Waals surface area contributed by atoms with E-state index in [1.54, 1.807) is 42.5 Å². The van der Waals surface area contributed by atoms with Crippen LogP contribution in [0.5, 0.6) is 11.5 Å². The molecule has 0 spiro atoms. The predicted molar refractivity (Wildman–Crippen MR) is 141 cm³/mol. The zero-order chi connectivity index (χ0) is 25.8.